The number of ether oxygens (including phenoxy) is 1. The van der Waals surface area contributed by atoms with Crippen LogP contribution in [0.2, 0.25) is 0 Å². The zero-order valence-electron chi connectivity index (χ0n) is 14.1. The summed E-state index contributed by atoms with van der Waals surface area (Å²) in [5.41, 5.74) is 3.38. The third kappa shape index (κ3) is 2.13. The van der Waals surface area contributed by atoms with E-state index in [1.165, 1.54) is 11.1 Å². The molecular weight excluding hydrogens is 272 g/mol. The lowest BCUT2D eigenvalue weighted by Crippen LogP contribution is -2.27. The van der Waals surface area contributed by atoms with Gasteiger partial charge in [0.2, 0.25) is 0 Å². The van der Waals surface area contributed by atoms with Gasteiger partial charge in [0.1, 0.15) is 5.75 Å². The number of methoxy groups -OCH3 is 1. The Morgan fingerprint density at radius 1 is 1.09 bits per heavy atom. The number of benzene rings is 2. The Kier molecular flexibility index (Phi) is 3.51. The van der Waals surface area contributed by atoms with Crippen molar-refractivity contribution in [1.29, 1.82) is 0 Å². The molecule has 3 rings (SSSR count). The van der Waals surface area contributed by atoms with Crippen molar-refractivity contribution in [2.45, 2.75) is 51.9 Å². The van der Waals surface area contributed by atoms with Crippen LogP contribution < -0.4 is 4.74 Å². The van der Waals surface area contributed by atoms with Gasteiger partial charge in [0.25, 0.3) is 0 Å². The highest BCUT2D eigenvalue weighted by molar-refractivity contribution is 6.11. The summed E-state index contributed by atoms with van der Waals surface area (Å²) in [4.78, 5) is 12.6. The van der Waals surface area contributed by atoms with Gasteiger partial charge in [-0.3, -0.25) is 4.79 Å². The fourth-order valence-corrected chi connectivity index (χ4v) is 3.73. The molecule has 0 fully saturated rings. The number of hydrogen-bond donors (Lipinski definition) is 0. The van der Waals surface area contributed by atoms with E-state index >= 15 is 0 Å². The van der Waals surface area contributed by atoms with Crippen LogP contribution in [0.25, 0.3) is 10.8 Å². The minimum Gasteiger partial charge on any atom is -0.496 e. The van der Waals surface area contributed by atoms with E-state index in [0.717, 1.165) is 28.5 Å². The van der Waals surface area contributed by atoms with Crippen molar-refractivity contribution in [1.82, 2.24) is 0 Å². The Morgan fingerprint density at radius 3 is 2.41 bits per heavy atom. The van der Waals surface area contributed by atoms with Gasteiger partial charge in [0.05, 0.1) is 7.11 Å². The van der Waals surface area contributed by atoms with Crippen molar-refractivity contribution in [3.8, 4) is 5.75 Å². The van der Waals surface area contributed by atoms with E-state index in [1.807, 2.05) is 6.07 Å². The summed E-state index contributed by atoms with van der Waals surface area (Å²) in [6, 6.07) is 8.39. The predicted molar refractivity (Wildman–Crippen MR) is 91.2 cm³/mol. The van der Waals surface area contributed by atoms with Crippen LogP contribution in [-0.4, -0.2) is 12.9 Å². The van der Waals surface area contributed by atoms with Crippen molar-refractivity contribution in [3.05, 3.63) is 41.0 Å². The van der Waals surface area contributed by atoms with Crippen LogP contribution in [0.3, 0.4) is 0 Å². The third-order valence-corrected chi connectivity index (χ3v) is 4.98. The maximum absolute atomic E-state index is 12.6. The molecule has 2 aromatic carbocycles. The standard InChI is InChI=1S/C20H24O2/c1-12(2)18-13-6-8-15-19(14(13)7-9-17(18)22-5)16(21)10-11-20(15,3)4/h6-9,12H,10-11H2,1-5H3. The second-order valence-corrected chi connectivity index (χ2v) is 7.23. The van der Waals surface area contributed by atoms with E-state index in [9.17, 15) is 4.79 Å². The summed E-state index contributed by atoms with van der Waals surface area (Å²) in [7, 11) is 1.71. The minimum absolute atomic E-state index is 0.0648. The topological polar surface area (TPSA) is 26.3 Å². The summed E-state index contributed by atoms with van der Waals surface area (Å²) >= 11 is 0. The predicted octanol–water partition coefficient (Wildman–Crippen LogP) is 5.23. The largest absolute Gasteiger partial charge is 0.496 e. The van der Waals surface area contributed by atoms with Gasteiger partial charge < -0.3 is 4.74 Å². The fraction of sp³-hybridized carbons (Fsp3) is 0.450. The lowest BCUT2D eigenvalue weighted by Gasteiger charge is -2.33. The maximum atomic E-state index is 12.6. The molecule has 116 valence electrons. The quantitative estimate of drug-likeness (QED) is 0.759. The first-order chi connectivity index (χ1) is 10.4. The van der Waals surface area contributed by atoms with Gasteiger partial charge in [-0.15, -0.1) is 0 Å². The molecule has 0 atom stereocenters. The summed E-state index contributed by atoms with van der Waals surface area (Å²) in [5.74, 6) is 1.54. The fourth-order valence-electron chi connectivity index (χ4n) is 3.73. The Bertz CT molecular complexity index is 754. The SMILES string of the molecule is COc1ccc2c3c(ccc2c1C(C)C)C(C)(C)CCC3=O. The molecule has 0 spiro atoms. The van der Waals surface area contributed by atoms with E-state index in [2.05, 4.69) is 45.9 Å². The smallest absolute Gasteiger partial charge is 0.163 e. The van der Waals surface area contributed by atoms with E-state index in [4.69, 9.17) is 4.74 Å². The molecule has 0 saturated carbocycles. The van der Waals surface area contributed by atoms with Crippen molar-refractivity contribution in [2.24, 2.45) is 0 Å². The number of fused-ring (bicyclic) bond motifs is 3. The monoisotopic (exact) mass is 296 g/mol. The molecule has 0 amide bonds. The molecule has 0 unspecified atom stereocenters. The van der Waals surface area contributed by atoms with Gasteiger partial charge in [-0.1, -0.05) is 39.8 Å². The first-order valence-electron chi connectivity index (χ1n) is 8.04. The molecule has 1 aliphatic carbocycles. The molecule has 0 bridgehead atoms. The molecule has 0 aromatic heterocycles. The first kappa shape index (κ1) is 15.1. The van der Waals surface area contributed by atoms with Gasteiger partial charge in [-0.2, -0.15) is 0 Å². The molecule has 22 heavy (non-hydrogen) atoms. The van der Waals surface area contributed by atoms with Gasteiger partial charge in [-0.05, 0) is 46.2 Å². The molecule has 0 N–H and O–H groups in total. The minimum atomic E-state index is 0.0648. The van der Waals surface area contributed by atoms with Crippen molar-refractivity contribution in [2.75, 3.05) is 7.11 Å². The van der Waals surface area contributed by atoms with Crippen LogP contribution in [-0.2, 0) is 5.41 Å². The third-order valence-electron chi connectivity index (χ3n) is 4.98. The number of carbonyl (C=O) groups is 1. The van der Waals surface area contributed by atoms with Crippen LogP contribution in [0.15, 0.2) is 24.3 Å². The highest BCUT2D eigenvalue weighted by Crippen LogP contribution is 2.43. The van der Waals surface area contributed by atoms with Crippen LogP contribution in [0, 0.1) is 0 Å². The van der Waals surface area contributed by atoms with Crippen LogP contribution in [0.4, 0.5) is 0 Å². The van der Waals surface area contributed by atoms with Crippen molar-refractivity contribution >= 4 is 16.6 Å². The summed E-state index contributed by atoms with van der Waals surface area (Å²) in [6.07, 6.45) is 1.57. The molecular formula is C20H24O2. The molecule has 2 heteroatoms. The molecule has 0 radical (unpaired) electrons. The van der Waals surface area contributed by atoms with Gasteiger partial charge in [0.15, 0.2) is 5.78 Å². The second kappa shape index (κ2) is 5.12. The number of rotatable bonds is 2. The Labute approximate surface area is 132 Å². The molecule has 1 aliphatic rings. The average molecular weight is 296 g/mol. The second-order valence-electron chi connectivity index (χ2n) is 7.23. The summed E-state index contributed by atoms with van der Waals surface area (Å²) < 4.78 is 5.54. The zero-order valence-corrected chi connectivity index (χ0v) is 14.1. The Morgan fingerprint density at radius 2 is 1.77 bits per heavy atom. The van der Waals surface area contributed by atoms with E-state index in [1.54, 1.807) is 7.11 Å². The number of Topliss-reactive ketones (excluding diaryl/α,β-unsaturated/α-hetero) is 1. The van der Waals surface area contributed by atoms with Gasteiger partial charge in [-0.25, -0.2) is 0 Å². The normalized spacial score (nSPS) is 16.9. The first-order valence-corrected chi connectivity index (χ1v) is 8.04. The van der Waals surface area contributed by atoms with Crippen molar-refractivity contribution in [3.63, 3.8) is 0 Å². The highest BCUT2D eigenvalue weighted by Gasteiger charge is 2.33. The maximum Gasteiger partial charge on any atom is 0.163 e. The summed E-state index contributed by atoms with van der Waals surface area (Å²) in [5, 5.41) is 2.24. The zero-order chi connectivity index (χ0) is 16.1. The molecule has 0 heterocycles. The lowest BCUT2D eigenvalue weighted by atomic mass is 9.70. The molecule has 0 saturated heterocycles. The average Bonchev–Trinajstić information content (AvgIpc) is 2.48. The van der Waals surface area contributed by atoms with E-state index < -0.39 is 0 Å². The Balaban J connectivity index is 2.41. The molecule has 2 nitrogen and oxygen atoms in total. The number of ketones is 1. The number of carbonyl (C=O) groups excluding carboxylic acids is 1. The number of hydrogen-bond acceptors (Lipinski definition) is 2. The lowest BCUT2D eigenvalue weighted by molar-refractivity contribution is 0.0958. The van der Waals surface area contributed by atoms with Crippen LogP contribution in [0.5, 0.6) is 5.75 Å². The van der Waals surface area contributed by atoms with E-state index in [-0.39, 0.29) is 11.2 Å². The molecule has 2 aromatic rings. The molecule has 0 aliphatic heterocycles. The van der Waals surface area contributed by atoms with E-state index in [0.29, 0.717) is 12.3 Å². The van der Waals surface area contributed by atoms with Gasteiger partial charge >= 0.3 is 0 Å². The van der Waals surface area contributed by atoms with Crippen LogP contribution in [0.1, 0.15) is 67.9 Å². The van der Waals surface area contributed by atoms with Crippen molar-refractivity contribution < 1.29 is 9.53 Å². The highest BCUT2D eigenvalue weighted by atomic mass is 16.5. The summed E-state index contributed by atoms with van der Waals surface area (Å²) in [6.45, 7) is 8.80. The van der Waals surface area contributed by atoms with Gasteiger partial charge in [0, 0.05) is 17.5 Å². The van der Waals surface area contributed by atoms with Crippen LogP contribution >= 0.6 is 0 Å². The Hall–Kier alpha value is -1.83.